The summed E-state index contributed by atoms with van der Waals surface area (Å²) in [4.78, 5) is 12.4. The average Bonchev–Trinajstić information content (AvgIpc) is 2.84. The minimum Gasteiger partial charge on any atom is -0.465 e. The van der Waals surface area contributed by atoms with Crippen LogP contribution < -0.4 is 0 Å². The van der Waals surface area contributed by atoms with Gasteiger partial charge in [0.15, 0.2) is 0 Å². The van der Waals surface area contributed by atoms with Crippen LogP contribution in [0.3, 0.4) is 0 Å². The van der Waals surface area contributed by atoms with Gasteiger partial charge in [0, 0.05) is 10.1 Å². The van der Waals surface area contributed by atoms with Gasteiger partial charge in [-0.3, -0.25) is 0 Å². The second-order valence-corrected chi connectivity index (χ2v) is 5.74. The van der Waals surface area contributed by atoms with Crippen molar-refractivity contribution < 1.29 is 9.53 Å². The molecule has 0 fully saturated rings. The van der Waals surface area contributed by atoms with E-state index in [0.29, 0.717) is 5.56 Å². The molecule has 0 bridgehead atoms. The highest BCUT2D eigenvalue weighted by Gasteiger charge is 2.12. The maximum Gasteiger partial charge on any atom is 0.337 e. The van der Waals surface area contributed by atoms with E-state index in [-0.39, 0.29) is 5.97 Å². The molecule has 0 saturated heterocycles. The molecule has 0 aliphatic heterocycles. The van der Waals surface area contributed by atoms with Gasteiger partial charge < -0.3 is 4.74 Å². The molecule has 2 aromatic carbocycles. The third-order valence-electron chi connectivity index (χ3n) is 3.10. The van der Waals surface area contributed by atoms with E-state index >= 15 is 0 Å². The Balaban J connectivity index is 2.07. The van der Waals surface area contributed by atoms with Gasteiger partial charge in [0.25, 0.3) is 0 Å². The summed E-state index contributed by atoms with van der Waals surface area (Å²) in [5, 5.41) is 1.82. The van der Waals surface area contributed by atoms with Crippen LogP contribution in [0.15, 0.2) is 48.5 Å². The van der Waals surface area contributed by atoms with Gasteiger partial charge in [-0.15, -0.1) is 11.3 Å². The van der Waals surface area contributed by atoms with Crippen molar-refractivity contribution >= 4 is 39.0 Å². The molecule has 0 saturated carbocycles. The van der Waals surface area contributed by atoms with Crippen LogP contribution in [0, 0.1) is 0 Å². The van der Waals surface area contributed by atoms with Crippen LogP contribution in [-0.4, -0.2) is 13.1 Å². The number of carbonyl (C=O) groups is 1. The summed E-state index contributed by atoms with van der Waals surface area (Å²) >= 11 is 8.09. The van der Waals surface area contributed by atoms with Gasteiger partial charge in [0.1, 0.15) is 0 Å². The molecule has 0 radical (unpaired) electrons. The van der Waals surface area contributed by atoms with Crippen molar-refractivity contribution in [2.45, 2.75) is 0 Å². The number of benzene rings is 2. The van der Waals surface area contributed by atoms with Gasteiger partial charge in [0.05, 0.1) is 22.6 Å². The molecule has 0 aliphatic carbocycles. The lowest BCUT2D eigenvalue weighted by Gasteiger charge is -2.01. The third kappa shape index (κ3) is 2.19. The molecular weight excluding hydrogens is 292 g/mol. The molecular formula is C16H11ClO2S. The van der Waals surface area contributed by atoms with Gasteiger partial charge in [-0.05, 0) is 23.8 Å². The first kappa shape index (κ1) is 13.2. The lowest BCUT2D eigenvalue weighted by molar-refractivity contribution is 0.0601. The zero-order valence-corrected chi connectivity index (χ0v) is 12.3. The van der Waals surface area contributed by atoms with E-state index in [1.54, 1.807) is 23.5 Å². The quantitative estimate of drug-likeness (QED) is 0.622. The second-order valence-electron chi connectivity index (χ2n) is 4.31. The van der Waals surface area contributed by atoms with Gasteiger partial charge in [-0.1, -0.05) is 41.9 Å². The summed E-state index contributed by atoms with van der Waals surface area (Å²) in [6, 6.07) is 15.3. The molecule has 3 aromatic rings. The topological polar surface area (TPSA) is 26.3 Å². The SMILES string of the molecule is COC(=O)c1ccc(-c2sc3ccccc3c2Cl)cc1. The molecule has 0 atom stereocenters. The first-order valence-corrected chi connectivity index (χ1v) is 7.26. The molecule has 0 amide bonds. The molecule has 100 valence electrons. The normalized spacial score (nSPS) is 10.7. The fourth-order valence-corrected chi connectivity index (χ4v) is 3.62. The van der Waals surface area contributed by atoms with E-state index in [2.05, 4.69) is 6.07 Å². The first-order valence-electron chi connectivity index (χ1n) is 6.06. The largest absolute Gasteiger partial charge is 0.465 e. The van der Waals surface area contributed by atoms with E-state index in [1.807, 2.05) is 30.3 Å². The highest BCUT2D eigenvalue weighted by molar-refractivity contribution is 7.23. The minimum atomic E-state index is -0.334. The molecule has 1 heterocycles. The smallest absolute Gasteiger partial charge is 0.337 e. The lowest BCUT2D eigenvalue weighted by atomic mass is 10.1. The Labute approximate surface area is 125 Å². The number of hydrogen-bond acceptors (Lipinski definition) is 3. The second kappa shape index (κ2) is 5.27. The van der Waals surface area contributed by atoms with Crippen LogP contribution in [0.2, 0.25) is 5.02 Å². The Morgan fingerprint density at radius 3 is 2.45 bits per heavy atom. The van der Waals surface area contributed by atoms with Gasteiger partial charge in [-0.2, -0.15) is 0 Å². The summed E-state index contributed by atoms with van der Waals surface area (Å²) in [5.41, 5.74) is 1.54. The molecule has 0 aliphatic rings. The molecule has 1 aromatic heterocycles. The van der Waals surface area contributed by atoms with Crippen molar-refractivity contribution in [2.24, 2.45) is 0 Å². The van der Waals surface area contributed by atoms with Crippen molar-refractivity contribution in [2.75, 3.05) is 7.11 Å². The molecule has 3 rings (SSSR count). The maximum atomic E-state index is 11.4. The third-order valence-corrected chi connectivity index (χ3v) is 4.83. The summed E-state index contributed by atoms with van der Waals surface area (Å²) < 4.78 is 5.85. The van der Waals surface area contributed by atoms with Gasteiger partial charge >= 0.3 is 5.97 Å². The van der Waals surface area contributed by atoms with Crippen molar-refractivity contribution in [3.05, 3.63) is 59.1 Å². The predicted molar refractivity (Wildman–Crippen MR) is 83.6 cm³/mol. The van der Waals surface area contributed by atoms with E-state index in [1.165, 1.54) is 7.11 Å². The lowest BCUT2D eigenvalue weighted by Crippen LogP contribution is -2.00. The number of methoxy groups -OCH3 is 1. The summed E-state index contributed by atoms with van der Waals surface area (Å²) in [6.07, 6.45) is 0. The van der Waals surface area contributed by atoms with Crippen LogP contribution in [0.5, 0.6) is 0 Å². The number of ether oxygens (including phenoxy) is 1. The van der Waals surface area contributed by atoms with Crippen LogP contribution >= 0.6 is 22.9 Å². The number of halogens is 1. The summed E-state index contributed by atoms with van der Waals surface area (Å²) in [5.74, 6) is -0.334. The maximum absolute atomic E-state index is 11.4. The molecule has 0 unspecified atom stereocenters. The number of hydrogen-bond donors (Lipinski definition) is 0. The summed E-state index contributed by atoms with van der Waals surface area (Å²) in [7, 11) is 1.37. The number of fused-ring (bicyclic) bond motifs is 1. The summed E-state index contributed by atoms with van der Waals surface area (Å²) in [6.45, 7) is 0. The highest BCUT2D eigenvalue weighted by atomic mass is 35.5. The van der Waals surface area contributed by atoms with E-state index in [0.717, 1.165) is 25.5 Å². The van der Waals surface area contributed by atoms with Crippen LogP contribution in [0.4, 0.5) is 0 Å². The standard InChI is InChI=1S/C16H11ClO2S/c1-19-16(18)11-8-6-10(7-9-11)15-14(17)12-4-2-3-5-13(12)20-15/h2-9H,1H3. The Hall–Kier alpha value is -1.84. The molecule has 0 N–H and O–H groups in total. The Morgan fingerprint density at radius 2 is 1.80 bits per heavy atom. The zero-order valence-electron chi connectivity index (χ0n) is 10.7. The fraction of sp³-hybridized carbons (Fsp3) is 0.0625. The van der Waals surface area contributed by atoms with Crippen molar-refractivity contribution in [3.63, 3.8) is 0 Å². The van der Waals surface area contributed by atoms with Crippen LogP contribution in [0.25, 0.3) is 20.5 Å². The fourth-order valence-electron chi connectivity index (χ4n) is 2.08. The number of carbonyl (C=O) groups excluding carboxylic acids is 1. The van der Waals surface area contributed by atoms with E-state index in [9.17, 15) is 4.79 Å². The van der Waals surface area contributed by atoms with Gasteiger partial charge in [0.2, 0.25) is 0 Å². The number of thiophene rings is 1. The number of rotatable bonds is 2. The number of esters is 1. The van der Waals surface area contributed by atoms with Crippen molar-refractivity contribution in [3.8, 4) is 10.4 Å². The van der Waals surface area contributed by atoms with Crippen molar-refractivity contribution in [1.29, 1.82) is 0 Å². The Bertz CT molecular complexity index is 775. The predicted octanol–water partition coefficient (Wildman–Crippen LogP) is 5.01. The van der Waals surface area contributed by atoms with Crippen LogP contribution in [0.1, 0.15) is 10.4 Å². The monoisotopic (exact) mass is 302 g/mol. The Morgan fingerprint density at radius 1 is 1.10 bits per heavy atom. The highest BCUT2D eigenvalue weighted by Crippen LogP contribution is 2.41. The molecule has 0 spiro atoms. The Kier molecular flexibility index (Phi) is 3.47. The van der Waals surface area contributed by atoms with Crippen molar-refractivity contribution in [1.82, 2.24) is 0 Å². The molecule has 2 nitrogen and oxygen atoms in total. The molecule has 4 heteroatoms. The van der Waals surface area contributed by atoms with E-state index in [4.69, 9.17) is 16.3 Å². The zero-order chi connectivity index (χ0) is 14.1. The molecule has 20 heavy (non-hydrogen) atoms. The van der Waals surface area contributed by atoms with Crippen LogP contribution in [-0.2, 0) is 4.74 Å². The van der Waals surface area contributed by atoms with Gasteiger partial charge in [-0.25, -0.2) is 4.79 Å². The average molecular weight is 303 g/mol. The first-order chi connectivity index (χ1) is 9.70. The van der Waals surface area contributed by atoms with E-state index < -0.39 is 0 Å². The minimum absolute atomic E-state index is 0.334.